The molecule has 2 rings (SSSR count). The number of hydrogen-bond donors (Lipinski definition) is 2. The van der Waals surface area contributed by atoms with Crippen LogP contribution in [0.25, 0.3) is 0 Å². The van der Waals surface area contributed by atoms with Crippen molar-refractivity contribution >= 4 is 0 Å². The molecule has 1 aromatic heterocycles. The lowest BCUT2D eigenvalue weighted by molar-refractivity contribution is 0.276. The van der Waals surface area contributed by atoms with Gasteiger partial charge in [0.2, 0.25) is 0 Å². The van der Waals surface area contributed by atoms with Gasteiger partial charge in [0.15, 0.2) is 0 Å². The van der Waals surface area contributed by atoms with E-state index in [9.17, 15) is 0 Å². The third-order valence-electron chi connectivity index (χ3n) is 2.32. The van der Waals surface area contributed by atoms with Gasteiger partial charge >= 0.3 is 0 Å². The van der Waals surface area contributed by atoms with E-state index >= 15 is 0 Å². The quantitative estimate of drug-likeness (QED) is 0.797. The van der Waals surface area contributed by atoms with Crippen molar-refractivity contribution in [2.24, 2.45) is 0 Å². The molecular weight excluding hydrogens is 188 g/mol. The molecule has 1 heterocycles. The van der Waals surface area contributed by atoms with E-state index in [1.807, 2.05) is 12.1 Å². The molecule has 2 N–H and O–H groups in total. The van der Waals surface area contributed by atoms with Gasteiger partial charge in [-0.2, -0.15) is 5.10 Å². The van der Waals surface area contributed by atoms with Crippen LogP contribution in [0.5, 0.6) is 0 Å². The highest BCUT2D eigenvalue weighted by atomic mass is 16.3. The number of nitrogens with one attached hydrogen (secondary N) is 1. The van der Waals surface area contributed by atoms with Gasteiger partial charge in [-0.05, 0) is 18.6 Å². The van der Waals surface area contributed by atoms with Gasteiger partial charge in [-0.1, -0.05) is 29.8 Å². The van der Waals surface area contributed by atoms with Crippen molar-refractivity contribution in [3.8, 4) is 0 Å². The van der Waals surface area contributed by atoms with Gasteiger partial charge in [-0.15, -0.1) is 0 Å². The highest BCUT2D eigenvalue weighted by molar-refractivity contribution is 5.26. The molecule has 0 radical (unpaired) electrons. The lowest BCUT2D eigenvalue weighted by Gasteiger charge is -1.99. The molecule has 0 fully saturated rings. The van der Waals surface area contributed by atoms with Crippen LogP contribution >= 0.6 is 0 Å². The van der Waals surface area contributed by atoms with Crippen LogP contribution in [0.2, 0.25) is 0 Å². The van der Waals surface area contributed by atoms with Gasteiger partial charge in [0, 0.05) is 12.1 Å². The van der Waals surface area contributed by atoms with Crippen LogP contribution in [-0.4, -0.2) is 15.3 Å². The summed E-state index contributed by atoms with van der Waals surface area (Å²) in [6.45, 7) is 2.07. The molecule has 0 atom stereocenters. The third-order valence-corrected chi connectivity index (χ3v) is 2.32. The van der Waals surface area contributed by atoms with Gasteiger partial charge < -0.3 is 5.11 Å². The van der Waals surface area contributed by atoms with Gasteiger partial charge in [0.05, 0.1) is 12.3 Å². The molecular formula is C12H14N2O. The number of aromatic nitrogens is 2. The van der Waals surface area contributed by atoms with Crippen molar-refractivity contribution in [2.75, 3.05) is 0 Å². The molecule has 15 heavy (non-hydrogen) atoms. The summed E-state index contributed by atoms with van der Waals surface area (Å²) >= 11 is 0. The fourth-order valence-corrected chi connectivity index (χ4v) is 1.62. The summed E-state index contributed by atoms with van der Waals surface area (Å²) in [5.74, 6) is 0. The van der Waals surface area contributed by atoms with Crippen LogP contribution in [-0.2, 0) is 13.0 Å². The maximum Gasteiger partial charge on any atom is 0.0879 e. The summed E-state index contributed by atoms with van der Waals surface area (Å²) in [5.41, 5.74) is 4.24. The minimum absolute atomic E-state index is 0.00961. The van der Waals surface area contributed by atoms with Gasteiger partial charge in [-0.3, -0.25) is 5.10 Å². The van der Waals surface area contributed by atoms with E-state index in [1.54, 1.807) is 0 Å². The molecule has 3 heteroatoms. The Hall–Kier alpha value is -1.61. The minimum atomic E-state index is -0.00961. The van der Waals surface area contributed by atoms with Crippen LogP contribution in [0.15, 0.2) is 30.3 Å². The Morgan fingerprint density at radius 1 is 1.33 bits per heavy atom. The number of aromatic amines is 1. The lowest BCUT2D eigenvalue weighted by Crippen LogP contribution is -1.88. The highest BCUT2D eigenvalue weighted by Gasteiger charge is 2.01. The van der Waals surface area contributed by atoms with Crippen molar-refractivity contribution in [2.45, 2.75) is 20.0 Å². The van der Waals surface area contributed by atoms with E-state index in [-0.39, 0.29) is 6.61 Å². The van der Waals surface area contributed by atoms with Crippen LogP contribution in [0.1, 0.15) is 22.5 Å². The fourth-order valence-electron chi connectivity index (χ4n) is 1.62. The molecule has 0 unspecified atom stereocenters. The molecule has 2 aromatic rings. The lowest BCUT2D eigenvalue weighted by atomic mass is 10.1. The molecule has 1 aromatic carbocycles. The Morgan fingerprint density at radius 2 is 2.20 bits per heavy atom. The number of nitrogens with zero attached hydrogens (tertiary/aromatic N) is 1. The van der Waals surface area contributed by atoms with E-state index in [1.165, 1.54) is 11.1 Å². The van der Waals surface area contributed by atoms with Crippen LogP contribution in [0, 0.1) is 6.92 Å². The summed E-state index contributed by atoms with van der Waals surface area (Å²) in [7, 11) is 0. The van der Waals surface area contributed by atoms with E-state index in [2.05, 4.69) is 35.3 Å². The monoisotopic (exact) mass is 202 g/mol. The van der Waals surface area contributed by atoms with Gasteiger partial charge in [0.25, 0.3) is 0 Å². The molecule has 0 spiro atoms. The normalized spacial score (nSPS) is 10.5. The topological polar surface area (TPSA) is 48.9 Å². The molecule has 3 nitrogen and oxygen atoms in total. The second-order valence-corrected chi connectivity index (χ2v) is 3.71. The van der Waals surface area contributed by atoms with Gasteiger partial charge in [0.1, 0.15) is 0 Å². The third kappa shape index (κ3) is 2.44. The summed E-state index contributed by atoms with van der Waals surface area (Å²) < 4.78 is 0. The molecule has 0 aliphatic heterocycles. The maximum atomic E-state index is 8.88. The first-order valence-electron chi connectivity index (χ1n) is 4.97. The molecule has 0 bridgehead atoms. The standard InChI is InChI=1S/C12H14N2O/c1-9-3-2-4-10(5-9)6-11-7-12(8-15)14-13-11/h2-5,7,15H,6,8H2,1H3,(H,13,14). The molecule has 0 aliphatic rings. The average Bonchev–Trinajstić information content (AvgIpc) is 2.65. The number of hydrogen-bond acceptors (Lipinski definition) is 2. The minimum Gasteiger partial charge on any atom is -0.390 e. The summed E-state index contributed by atoms with van der Waals surface area (Å²) in [6.07, 6.45) is 0.828. The number of aryl methyl sites for hydroxylation is 1. The largest absolute Gasteiger partial charge is 0.390 e. The van der Waals surface area contributed by atoms with Crippen LogP contribution in [0.4, 0.5) is 0 Å². The summed E-state index contributed by atoms with van der Waals surface area (Å²) in [4.78, 5) is 0. The Balaban J connectivity index is 2.14. The molecule has 0 saturated carbocycles. The molecule has 0 saturated heterocycles. The Kier molecular flexibility index (Phi) is 2.83. The predicted molar refractivity (Wildman–Crippen MR) is 58.5 cm³/mol. The van der Waals surface area contributed by atoms with Crippen molar-refractivity contribution in [3.63, 3.8) is 0 Å². The zero-order valence-electron chi connectivity index (χ0n) is 8.70. The van der Waals surface area contributed by atoms with Crippen molar-refractivity contribution in [1.82, 2.24) is 10.2 Å². The smallest absolute Gasteiger partial charge is 0.0879 e. The van der Waals surface area contributed by atoms with E-state index in [4.69, 9.17) is 5.11 Å². The second-order valence-electron chi connectivity index (χ2n) is 3.71. The summed E-state index contributed by atoms with van der Waals surface area (Å²) in [6, 6.07) is 10.3. The van der Waals surface area contributed by atoms with E-state index in [0.717, 1.165) is 12.1 Å². The van der Waals surface area contributed by atoms with Crippen molar-refractivity contribution in [1.29, 1.82) is 0 Å². The van der Waals surface area contributed by atoms with Crippen molar-refractivity contribution in [3.05, 3.63) is 52.8 Å². The Labute approximate surface area is 88.8 Å². The zero-order chi connectivity index (χ0) is 10.7. The zero-order valence-corrected chi connectivity index (χ0v) is 8.70. The van der Waals surface area contributed by atoms with E-state index in [0.29, 0.717) is 5.69 Å². The predicted octanol–water partition coefficient (Wildman–Crippen LogP) is 1.80. The molecule has 78 valence electrons. The number of aliphatic hydroxyl groups is 1. The first-order chi connectivity index (χ1) is 7.28. The Bertz CT molecular complexity index is 448. The average molecular weight is 202 g/mol. The van der Waals surface area contributed by atoms with Gasteiger partial charge in [-0.25, -0.2) is 0 Å². The first-order valence-corrected chi connectivity index (χ1v) is 4.97. The number of rotatable bonds is 3. The molecule has 0 amide bonds. The highest BCUT2D eigenvalue weighted by Crippen LogP contribution is 2.10. The number of aliphatic hydroxyl groups excluding tert-OH is 1. The molecule has 0 aliphatic carbocycles. The van der Waals surface area contributed by atoms with Crippen LogP contribution in [0.3, 0.4) is 0 Å². The maximum absolute atomic E-state index is 8.88. The summed E-state index contributed by atoms with van der Waals surface area (Å²) in [5, 5.41) is 15.8. The van der Waals surface area contributed by atoms with E-state index < -0.39 is 0 Å². The Morgan fingerprint density at radius 3 is 2.87 bits per heavy atom. The number of H-pyrrole nitrogens is 1. The SMILES string of the molecule is Cc1cccc(Cc2cc(CO)n[nH]2)c1. The van der Waals surface area contributed by atoms with Crippen LogP contribution < -0.4 is 0 Å². The fraction of sp³-hybridized carbons (Fsp3) is 0.250. The number of benzene rings is 1. The first kappa shape index (κ1) is 9.93. The van der Waals surface area contributed by atoms with Crippen molar-refractivity contribution < 1.29 is 5.11 Å². The second kappa shape index (κ2) is 4.28.